The number of aliphatic imine (C=N–C) groups is 2. The molecule has 0 aromatic rings. The van der Waals surface area contributed by atoms with Gasteiger partial charge in [-0.05, 0) is 20.5 Å². The molecule has 9 heavy (non-hydrogen) atoms. The van der Waals surface area contributed by atoms with E-state index in [4.69, 9.17) is 5.73 Å². The first-order valence-electron chi connectivity index (χ1n) is 2.60. The third-order valence-electron chi connectivity index (χ3n) is 1.03. The van der Waals surface area contributed by atoms with Crippen LogP contribution >= 0.6 is 0 Å². The second-order valence-electron chi connectivity index (χ2n) is 1.59. The third kappa shape index (κ3) is 2.34. The van der Waals surface area contributed by atoms with E-state index in [1.807, 2.05) is 0 Å². The second-order valence-corrected chi connectivity index (χ2v) is 1.59. The van der Waals surface area contributed by atoms with E-state index in [-0.39, 0.29) is 6.17 Å². The molecular weight excluding hydrogens is 116 g/mol. The van der Waals surface area contributed by atoms with Gasteiger partial charge >= 0.3 is 0 Å². The van der Waals surface area contributed by atoms with Crippen LogP contribution < -0.4 is 11.1 Å². The zero-order chi connectivity index (χ0) is 7.28. The molecule has 2 atom stereocenters. The van der Waals surface area contributed by atoms with E-state index < -0.39 is 6.17 Å². The zero-order valence-electron chi connectivity index (χ0n) is 5.54. The summed E-state index contributed by atoms with van der Waals surface area (Å²) in [6.45, 7) is 6.60. The van der Waals surface area contributed by atoms with Crippen LogP contribution in [0.3, 0.4) is 0 Å². The lowest BCUT2D eigenvalue weighted by Crippen LogP contribution is -2.40. The Morgan fingerprint density at radius 2 is 2.00 bits per heavy atom. The van der Waals surface area contributed by atoms with Crippen molar-refractivity contribution in [3.8, 4) is 0 Å². The fourth-order valence-corrected chi connectivity index (χ4v) is 0.470. The minimum atomic E-state index is -0.396. The normalized spacial score (nSPS) is 16.2. The Labute approximate surface area is 54.9 Å². The molecule has 0 radical (unpaired) electrons. The molecule has 0 aromatic carbocycles. The number of hydrogen-bond donors (Lipinski definition) is 2. The lowest BCUT2D eigenvalue weighted by Gasteiger charge is -2.13. The Bertz CT molecular complexity index is 101. The van der Waals surface area contributed by atoms with Crippen molar-refractivity contribution in [2.45, 2.75) is 12.3 Å². The third-order valence-corrected chi connectivity index (χ3v) is 1.03. The average Bonchev–Trinajstić information content (AvgIpc) is 1.90. The highest BCUT2D eigenvalue weighted by Crippen LogP contribution is 1.89. The summed E-state index contributed by atoms with van der Waals surface area (Å²) in [6.07, 6.45) is -0.616. The zero-order valence-corrected chi connectivity index (χ0v) is 5.54. The highest BCUT2D eigenvalue weighted by Gasteiger charge is 2.08. The largest absolute Gasteiger partial charge is 0.307 e. The summed E-state index contributed by atoms with van der Waals surface area (Å²) in [5.74, 6) is 0. The summed E-state index contributed by atoms with van der Waals surface area (Å²) >= 11 is 0. The lowest BCUT2D eigenvalue weighted by atomic mass is 10.4. The van der Waals surface area contributed by atoms with Crippen molar-refractivity contribution in [1.29, 1.82) is 0 Å². The molecule has 0 heterocycles. The second kappa shape index (κ2) is 4.17. The molecule has 0 spiro atoms. The van der Waals surface area contributed by atoms with Crippen LogP contribution in [-0.4, -0.2) is 32.8 Å². The Morgan fingerprint density at radius 1 is 1.44 bits per heavy atom. The van der Waals surface area contributed by atoms with Crippen molar-refractivity contribution in [3.63, 3.8) is 0 Å². The lowest BCUT2D eigenvalue weighted by molar-refractivity contribution is 0.492. The van der Waals surface area contributed by atoms with E-state index in [9.17, 15) is 0 Å². The van der Waals surface area contributed by atoms with E-state index in [0.717, 1.165) is 0 Å². The van der Waals surface area contributed by atoms with Gasteiger partial charge in [-0.25, -0.2) is 0 Å². The van der Waals surface area contributed by atoms with Gasteiger partial charge in [0.1, 0.15) is 12.3 Å². The minimum absolute atomic E-state index is 0.220. The maximum atomic E-state index is 5.41. The first kappa shape index (κ1) is 8.26. The van der Waals surface area contributed by atoms with Gasteiger partial charge in [0.15, 0.2) is 0 Å². The number of nitrogens with one attached hydrogen (secondary N) is 1. The predicted octanol–water partition coefficient (Wildman–Crippen LogP) is -0.782. The average molecular weight is 128 g/mol. The molecule has 4 heteroatoms. The summed E-state index contributed by atoms with van der Waals surface area (Å²) < 4.78 is 0. The van der Waals surface area contributed by atoms with Gasteiger partial charge in [0, 0.05) is 0 Å². The maximum absolute atomic E-state index is 5.41. The molecule has 4 nitrogen and oxygen atoms in total. The van der Waals surface area contributed by atoms with Crippen molar-refractivity contribution >= 4 is 13.4 Å². The molecule has 0 saturated carbocycles. The highest BCUT2D eigenvalue weighted by atomic mass is 15.1. The minimum Gasteiger partial charge on any atom is -0.307 e. The van der Waals surface area contributed by atoms with Crippen LogP contribution in [-0.2, 0) is 0 Å². The summed E-state index contributed by atoms with van der Waals surface area (Å²) in [4.78, 5) is 7.22. The monoisotopic (exact) mass is 128 g/mol. The van der Waals surface area contributed by atoms with Crippen LogP contribution in [0.25, 0.3) is 0 Å². The Morgan fingerprint density at radius 3 is 2.11 bits per heavy atom. The molecule has 52 valence electrons. The highest BCUT2D eigenvalue weighted by molar-refractivity contribution is 5.26. The molecule has 0 aromatic heterocycles. The number of rotatable bonds is 4. The Kier molecular flexibility index (Phi) is 3.83. The molecule has 0 aliphatic rings. The Balaban J connectivity index is 3.77. The number of likely N-dealkylation sites (N-methyl/N-ethyl adjacent to an activating group) is 1. The first-order valence-corrected chi connectivity index (χ1v) is 2.60. The van der Waals surface area contributed by atoms with Crippen LogP contribution in [0.1, 0.15) is 0 Å². The quantitative estimate of drug-likeness (QED) is 0.488. The van der Waals surface area contributed by atoms with Gasteiger partial charge in [-0.1, -0.05) is 0 Å². The molecule has 0 bridgehead atoms. The Hall–Kier alpha value is -0.740. The molecule has 0 rings (SSSR count). The summed E-state index contributed by atoms with van der Waals surface area (Å²) in [5.41, 5.74) is 5.41. The van der Waals surface area contributed by atoms with Crippen LogP contribution in [0, 0.1) is 0 Å². The van der Waals surface area contributed by atoms with E-state index in [1.165, 1.54) is 0 Å². The van der Waals surface area contributed by atoms with Crippen molar-refractivity contribution < 1.29 is 0 Å². The molecule has 0 saturated heterocycles. The van der Waals surface area contributed by atoms with E-state index in [0.29, 0.717) is 0 Å². The number of hydrogen-bond acceptors (Lipinski definition) is 4. The predicted molar refractivity (Wildman–Crippen MR) is 39.9 cm³/mol. The topological polar surface area (TPSA) is 62.8 Å². The SMILES string of the molecule is C=NC(N)C(N=C)NC. The van der Waals surface area contributed by atoms with Crippen LogP contribution in [0.15, 0.2) is 9.98 Å². The van der Waals surface area contributed by atoms with E-state index >= 15 is 0 Å². The smallest absolute Gasteiger partial charge is 0.134 e. The van der Waals surface area contributed by atoms with Gasteiger partial charge < -0.3 is 5.73 Å². The number of nitrogens with two attached hydrogens (primary N) is 1. The summed E-state index contributed by atoms with van der Waals surface area (Å²) in [7, 11) is 1.74. The molecule has 3 N–H and O–H groups in total. The molecule has 0 aliphatic heterocycles. The molecule has 0 amide bonds. The molecular formula is C5H12N4. The summed E-state index contributed by atoms with van der Waals surface area (Å²) in [5, 5.41) is 2.81. The fraction of sp³-hybridized carbons (Fsp3) is 0.600. The fourth-order valence-electron chi connectivity index (χ4n) is 0.470. The maximum Gasteiger partial charge on any atom is 0.134 e. The van der Waals surface area contributed by atoms with Gasteiger partial charge in [0.05, 0.1) is 0 Å². The molecule has 0 fully saturated rings. The van der Waals surface area contributed by atoms with Gasteiger partial charge in [-0.15, -0.1) is 0 Å². The van der Waals surface area contributed by atoms with Crippen molar-refractivity contribution in [3.05, 3.63) is 0 Å². The van der Waals surface area contributed by atoms with Crippen LogP contribution in [0.2, 0.25) is 0 Å². The van der Waals surface area contributed by atoms with Crippen molar-refractivity contribution in [2.75, 3.05) is 7.05 Å². The molecule has 0 aliphatic carbocycles. The summed E-state index contributed by atoms with van der Waals surface area (Å²) in [6, 6.07) is 0. The van der Waals surface area contributed by atoms with E-state index in [2.05, 4.69) is 28.7 Å². The van der Waals surface area contributed by atoms with E-state index in [1.54, 1.807) is 7.05 Å². The van der Waals surface area contributed by atoms with Crippen molar-refractivity contribution in [2.24, 2.45) is 15.7 Å². The van der Waals surface area contributed by atoms with Crippen LogP contribution in [0.5, 0.6) is 0 Å². The number of nitrogens with zero attached hydrogens (tertiary/aromatic N) is 2. The molecule has 2 unspecified atom stereocenters. The first-order chi connectivity index (χ1) is 4.26. The van der Waals surface area contributed by atoms with Gasteiger partial charge in [0.2, 0.25) is 0 Å². The van der Waals surface area contributed by atoms with Gasteiger partial charge in [-0.3, -0.25) is 15.3 Å². The van der Waals surface area contributed by atoms with Gasteiger partial charge in [0.25, 0.3) is 0 Å². The standard InChI is InChI=1S/C5H12N4/c1-7-4(6)5(8-2)9-3/h4-5,9H,1-2,6H2,3H3. The van der Waals surface area contributed by atoms with Crippen molar-refractivity contribution in [1.82, 2.24) is 5.32 Å². The van der Waals surface area contributed by atoms with Gasteiger partial charge in [-0.2, -0.15) is 0 Å². The van der Waals surface area contributed by atoms with Crippen LogP contribution in [0.4, 0.5) is 0 Å².